The molecular formula is C16H20Cl2N4O3S3. The van der Waals surface area contributed by atoms with Gasteiger partial charge in [0.05, 0.1) is 17.0 Å². The first-order valence-electron chi connectivity index (χ1n) is 8.39. The summed E-state index contributed by atoms with van der Waals surface area (Å²) in [6.07, 6.45) is 2.23. The minimum Gasteiger partial charge on any atom is -0.299 e. The number of aromatic nitrogens is 2. The summed E-state index contributed by atoms with van der Waals surface area (Å²) in [4.78, 5) is 12.9. The summed E-state index contributed by atoms with van der Waals surface area (Å²) in [7, 11) is -3.82. The Morgan fingerprint density at radius 1 is 1.32 bits per heavy atom. The summed E-state index contributed by atoms with van der Waals surface area (Å²) < 4.78 is 26.7. The average Bonchev–Trinajstić information content (AvgIpc) is 3.06. The number of halogens is 2. The molecule has 12 heteroatoms. The molecule has 0 saturated heterocycles. The first kappa shape index (κ1) is 23.2. The van der Waals surface area contributed by atoms with Crippen molar-refractivity contribution < 1.29 is 13.2 Å². The lowest BCUT2D eigenvalue weighted by Gasteiger charge is -2.30. The molecule has 0 aliphatic rings. The molecular weight excluding hydrogens is 463 g/mol. The number of thioether (sulfide) groups is 1. The molecule has 28 heavy (non-hydrogen) atoms. The molecule has 0 saturated carbocycles. The van der Waals surface area contributed by atoms with Crippen molar-refractivity contribution in [3.8, 4) is 0 Å². The van der Waals surface area contributed by atoms with Crippen molar-refractivity contribution in [1.82, 2.24) is 10.2 Å². The molecule has 1 unspecified atom stereocenters. The fourth-order valence-electron chi connectivity index (χ4n) is 2.39. The third-order valence-corrected chi connectivity index (χ3v) is 7.44. The van der Waals surface area contributed by atoms with Crippen molar-refractivity contribution in [3.05, 3.63) is 28.2 Å². The molecule has 2 rings (SSSR count). The zero-order chi connectivity index (χ0) is 20.9. The molecule has 7 nitrogen and oxygen atoms in total. The van der Waals surface area contributed by atoms with Gasteiger partial charge in [0.15, 0.2) is 4.34 Å². The maximum Gasteiger partial charge on any atom is 0.250 e. The van der Waals surface area contributed by atoms with Crippen LogP contribution in [0, 0.1) is 0 Å². The zero-order valence-electron chi connectivity index (χ0n) is 15.5. The van der Waals surface area contributed by atoms with Crippen LogP contribution in [0.5, 0.6) is 0 Å². The topological polar surface area (TPSA) is 92.3 Å². The molecule has 1 N–H and O–H groups in total. The van der Waals surface area contributed by atoms with Crippen molar-refractivity contribution >= 4 is 73.0 Å². The van der Waals surface area contributed by atoms with Crippen molar-refractivity contribution in [1.29, 1.82) is 0 Å². The largest absolute Gasteiger partial charge is 0.299 e. The number of hydrogen-bond acceptors (Lipinski definition) is 7. The number of amides is 1. The Balaban J connectivity index is 2.32. The van der Waals surface area contributed by atoms with Gasteiger partial charge in [-0.1, -0.05) is 60.1 Å². The molecule has 0 aliphatic heterocycles. The predicted molar refractivity (Wildman–Crippen MR) is 117 cm³/mol. The maximum absolute atomic E-state index is 12.9. The highest BCUT2D eigenvalue weighted by molar-refractivity contribution is 8.01. The van der Waals surface area contributed by atoms with E-state index in [2.05, 4.69) is 22.4 Å². The van der Waals surface area contributed by atoms with E-state index < -0.39 is 22.0 Å². The maximum atomic E-state index is 12.9. The van der Waals surface area contributed by atoms with Crippen LogP contribution >= 0.6 is 46.3 Å². The molecule has 0 fully saturated rings. The summed E-state index contributed by atoms with van der Waals surface area (Å²) >= 11 is 15.0. The van der Waals surface area contributed by atoms with E-state index in [1.165, 1.54) is 23.5 Å². The molecule has 0 spiro atoms. The van der Waals surface area contributed by atoms with Crippen LogP contribution in [-0.4, -0.2) is 42.6 Å². The highest BCUT2D eigenvalue weighted by Crippen LogP contribution is 2.33. The smallest absolute Gasteiger partial charge is 0.250 e. The summed E-state index contributed by atoms with van der Waals surface area (Å²) in [5, 5.41) is 11.4. The Kier molecular flexibility index (Phi) is 8.38. The number of carbonyl (C=O) groups excluding carboxylic acids is 1. The van der Waals surface area contributed by atoms with Crippen LogP contribution < -0.4 is 9.62 Å². The first-order chi connectivity index (χ1) is 13.2. The molecule has 1 heterocycles. The van der Waals surface area contributed by atoms with Crippen molar-refractivity contribution in [2.24, 2.45) is 0 Å². The summed E-state index contributed by atoms with van der Waals surface area (Å²) in [6.45, 7) is 3.77. The summed E-state index contributed by atoms with van der Waals surface area (Å²) in [5.41, 5.74) is 0.148. The third kappa shape index (κ3) is 5.96. The van der Waals surface area contributed by atoms with Gasteiger partial charge >= 0.3 is 0 Å². The number of anilines is 2. The van der Waals surface area contributed by atoms with Crippen molar-refractivity contribution in [3.63, 3.8) is 0 Å². The minimum absolute atomic E-state index is 0.148. The highest BCUT2D eigenvalue weighted by atomic mass is 35.5. The van der Waals surface area contributed by atoms with Gasteiger partial charge in [0.25, 0.3) is 0 Å². The lowest BCUT2D eigenvalue weighted by molar-refractivity contribution is -0.117. The van der Waals surface area contributed by atoms with Crippen LogP contribution in [0.4, 0.5) is 10.8 Å². The lowest BCUT2D eigenvalue weighted by atomic mass is 10.2. The second-order valence-electron chi connectivity index (χ2n) is 5.79. The second-order valence-corrected chi connectivity index (χ2v) is 10.8. The van der Waals surface area contributed by atoms with Gasteiger partial charge in [0.1, 0.15) is 6.04 Å². The van der Waals surface area contributed by atoms with Gasteiger partial charge in [0.2, 0.25) is 21.1 Å². The lowest BCUT2D eigenvalue weighted by Crippen LogP contribution is -2.47. The zero-order valence-corrected chi connectivity index (χ0v) is 19.4. The standard InChI is InChI=1S/C16H20Cl2N4O3S3/c1-4-8-26-16-21-20-15(27-16)19-14(23)12(5-2)22(28(3,24)25)13-9-10(17)6-7-11(13)18/h6-7,9,12H,4-5,8H2,1-3H3,(H,19,20,23). The van der Waals surface area contributed by atoms with Crippen LogP contribution in [0.1, 0.15) is 26.7 Å². The Morgan fingerprint density at radius 2 is 2.04 bits per heavy atom. The average molecular weight is 483 g/mol. The van der Waals surface area contributed by atoms with Crippen LogP contribution in [0.3, 0.4) is 0 Å². The van der Waals surface area contributed by atoms with E-state index in [-0.39, 0.29) is 17.1 Å². The van der Waals surface area contributed by atoms with Crippen LogP contribution in [-0.2, 0) is 14.8 Å². The number of hydrogen-bond donors (Lipinski definition) is 1. The van der Waals surface area contributed by atoms with Gasteiger partial charge in [-0.25, -0.2) is 8.42 Å². The number of rotatable bonds is 9. The number of nitrogens with one attached hydrogen (secondary N) is 1. The molecule has 0 radical (unpaired) electrons. The Morgan fingerprint density at radius 3 is 2.64 bits per heavy atom. The van der Waals surface area contributed by atoms with E-state index in [1.54, 1.807) is 24.8 Å². The molecule has 1 amide bonds. The van der Waals surface area contributed by atoms with Gasteiger partial charge in [-0.3, -0.25) is 14.4 Å². The number of nitrogens with zero attached hydrogens (tertiary/aromatic N) is 3. The summed E-state index contributed by atoms with van der Waals surface area (Å²) in [6, 6.07) is 3.43. The van der Waals surface area contributed by atoms with Gasteiger partial charge < -0.3 is 0 Å². The van der Waals surface area contributed by atoms with Crippen LogP contribution in [0.25, 0.3) is 0 Å². The van der Waals surface area contributed by atoms with Gasteiger partial charge in [0, 0.05) is 10.8 Å². The number of carbonyl (C=O) groups is 1. The highest BCUT2D eigenvalue weighted by Gasteiger charge is 2.33. The second kappa shape index (κ2) is 10.1. The van der Waals surface area contributed by atoms with E-state index in [0.29, 0.717) is 10.2 Å². The molecule has 154 valence electrons. The Bertz CT molecular complexity index is 937. The van der Waals surface area contributed by atoms with Gasteiger partial charge in [-0.2, -0.15) is 0 Å². The summed E-state index contributed by atoms with van der Waals surface area (Å²) in [5.74, 6) is 0.377. The van der Waals surface area contributed by atoms with E-state index >= 15 is 0 Å². The quantitative estimate of drug-likeness (QED) is 0.416. The Labute approximate surface area is 182 Å². The monoisotopic (exact) mass is 482 g/mol. The van der Waals surface area contributed by atoms with Crippen LogP contribution in [0.2, 0.25) is 10.0 Å². The fourth-order valence-corrected chi connectivity index (χ4v) is 5.71. The normalized spacial score (nSPS) is 12.6. The number of benzene rings is 1. The van der Waals surface area contributed by atoms with E-state index in [4.69, 9.17) is 23.2 Å². The van der Waals surface area contributed by atoms with Crippen LogP contribution in [0.15, 0.2) is 22.5 Å². The molecule has 1 aromatic heterocycles. The number of sulfonamides is 1. The molecule has 0 bridgehead atoms. The van der Waals surface area contributed by atoms with E-state index in [9.17, 15) is 13.2 Å². The molecule has 1 atom stereocenters. The van der Waals surface area contributed by atoms with E-state index in [1.807, 2.05) is 0 Å². The molecule has 2 aromatic rings. The van der Waals surface area contributed by atoms with E-state index in [0.717, 1.165) is 27.1 Å². The van der Waals surface area contributed by atoms with Crippen molar-refractivity contribution in [2.45, 2.75) is 37.1 Å². The first-order valence-corrected chi connectivity index (χ1v) is 12.8. The SMILES string of the molecule is CCCSc1nnc(NC(=O)C(CC)N(c2cc(Cl)ccc2Cl)S(C)(=O)=O)s1. The van der Waals surface area contributed by atoms with Gasteiger partial charge in [-0.15, -0.1) is 10.2 Å². The minimum atomic E-state index is -3.82. The predicted octanol–water partition coefficient (Wildman–Crippen LogP) is 4.53. The van der Waals surface area contributed by atoms with Gasteiger partial charge in [-0.05, 0) is 31.0 Å². The molecule has 1 aromatic carbocycles. The van der Waals surface area contributed by atoms with Crippen molar-refractivity contribution in [2.75, 3.05) is 21.6 Å². The fraction of sp³-hybridized carbons (Fsp3) is 0.438. The molecule has 0 aliphatic carbocycles. The Hall–Kier alpha value is -1.07. The third-order valence-electron chi connectivity index (χ3n) is 3.54.